The molecule has 0 saturated heterocycles. The predicted molar refractivity (Wildman–Crippen MR) is 125 cm³/mol. The van der Waals surface area contributed by atoms with E-state index < -0.39 is 6.04 Å². The van der Waals surface area contributed by atoms with Gasteiger partial charge in [-0.3, -0.25) is 9.59 Å². The molecule has 0 bridgehead atoms. The van der Waals surface area contributed by atoms with Crippen LogP contribution in [-0.4, -0.2) is 29.8 Å². The molecule has 4 nitrogen and oxygen atoms in total. The number of nitrogens with one attached hydrogen (secondary N) is 1. The van der Waals surface area contributed by atoms with Crippen molar-refractivity contribution in [1.29, 1.82) is 0 Å². The summed E-state index contributed by atoms with van der Waals surface area (Å²) < 4.78 is 0. The largest absolute Gasteiger partial charge is 0.357 e. The van der Waals surface area contributed by atoms with Gasteiger partial charge in [0.1, 0.15) is 6.04 Å². The lowest BCUT2D eigenvalue weighted by atomic mass is 10.0. The lowest BCUT2D eigenvalue weighted by Crippen LogP contribution is -2.50. The van der Waals surface area contributed by atoms with Crippen LogP contribution in [0, 0.1) is 6.92 Å². The first-order valence-corrected chi connectivity index (χ1v) is 10.7. The van der Waals surface area contributed by atoms with Gasteiger partial charge in [-0.2, -0.15) is 0 Å². The number of hydrogen-bond acceptors (Lipinski definition) is 2. The van der Waals surface area contributed by atoms with Crippen molar-refractivity contribution < 1.29 is 9.59 Å². The SMILES string of the molecule is CNC(=O)[C@@H](Cc1ccccc1)N(Cc1ccc(Cl)cc1)C(=O)Cc1ccc(C)cc1. The summed E-state index contributed by atoms with van der Waals surface area (Å²) in [4.78, 5) is 28.0. The van der Waals surface area contributed by atoms with Gasteiger partial charge in [-0.15, -0.1) is 0 Å². The average molecular weight is 435 g/mol. The summed E-state index contributed by atoms with van der Waals surface area (Å²) in [5, 5.41) is 3.37. The molecule has 0 saturated carbocycles. The molecule has 0 fully saturated rings. The summed E-state index contributed by atoms with van der Waals surface area (Å²) in [5.41, 5.74) is 3.98. The second-order valence-corrected chi connectivity index (χ2v) is 8.07. The molecule has 31 heavy (non-hydrogen) atoms. The van der Waals surface area contributed by atoms with Crippen molar-refractivity contribution in [1.82, 2.24) is 10.2 Å². The molecule has 2 amide bonds. The molecule has 3 rings (SSSR count). The maximum absolute atomic E-state index is 13.4. The number of carbonyl (C=O) groups excluding carboxylic acids is 2. The zero-order valence-corrected chi connectivity index (χ0v) is 18.6. The molecule has 1 atom stereocenters. The van der Waals surface area contributed by atoms with E-state index in [1.807, 2.05) is 73.7 Å². The quantitative estimate of drug-likeness (QED) is 0.564. The Hall–Kier alpha value is -3.11. The van der Waals surface area contributed by atoms with Crippen LogP contribution in [0.3, 0.4) is 0 Å². The molecule has 160 valence electrons. The van der Waals surface area contributed by atoms with E-state index in [0.29, 0.717) is 18.0 Å². The lowest BCUT2D eigenvalue weighted by molar-refractivity contribution is -0.140. The summed E-state index contributed by atoms with van der Waals surface area (Å²) >= 11 is 6.03. The summed E-state index contributed by atoms with van der Waals surface area (Å²) in [6.45, 7) is 2.34. The molecule has 0 aliphatic rings. The standard InChI is InChI=1S/C26H27ClN2O2/c1-19-8-10-21(11-9-19)17-25(30)29(18-22-12-14-23(27)15-13-22)24(26(31)28-2)16-20-6-4-3-5-7-20/h3-15,24H,16-18H2,1-2H3,(H,28,31)/t24-/m1/s1. The molecule has 0 heterocycles. The van der Waals surface area contributed by atoms with Gasteiger partial charge in [0, 0.05) is 25.0 Å². The van der Waals surface area contributed by atoms with Gasteiger partial charge in [0.15, 0.2) is 0 Å². The first-order valence-electron chi connectivity index (χ1n) is 10.3. The molecule has 3 aromatic rings. The van der Waals surface area contributed by atoms with Crippen molar-refractivity contribution in [3.8, 4) is 0 Å². The van der Waals surface area contributed by atoms with Crippen molar-refractivity contribution in [3.63, 3.8) is 0 Å². The fraction of sp³-hybridized carbons (Fsp3) is 0.231. The molecule has 0 aromatic heterocycles. The molecular formula is C26H27ClN2O2. The number of rotatable bonds is 8. The zero-order chi connectivity index (χ0) is 22.2. The van der Waals surface area contributed by atoms with E-state index in [1.165, 1.54) is 0 Å². The van der Waals surface area contributed by atoms with Crippen molar-refractivity contribution in [3.05, 3.63) is 106 Å². The van der Waals surface area contributed by atoms with E-state index in [0.717, 1.165) is 22.3 Å². The Bertz CT molecular complexity index is 1000. The van der Waals surface area contributed by atoms with Crippen LogP contribution in [0.4, 0.5) is 0 Å². The Morgan fingerprint density at radius 1 is 0.871 bits per heavy atom. The molecule has 0 aliphatic heterocycles. The zero-order valence-electron chi connectivity index (χ0n) is 17.8. The highest BCUT2D eigenvalue weighted by atomic mass is 35.5. The van der Waals surface area contributed by atoms with Crippen LogP contribution in [-0.2, 0) is 29.0 Å². The Morgan fingerprint density at radius 2 is 1.48 bits per heavy atom. The van der Waals surface area contributed by atoms with Crippen LogP contribution >= 0.6 is 11.6 Å². The van der Waals surface area contributed by atoms with Crippen molar-refractivity contribution >= 4 is 23.4 Å². The fourth-order valence-corrected chi connectivity index (χ4v) is 3.62. The van der Waals surface area contributed by atoms with E-state index in [9.17, 15) is 9.59 Å². The van der Waals surface area contributed by atoms with Crippen molar-refractivity contribution in [2.75, 3.05) is 7.05 Å². The number of halogens is 1. The second-order valence-electron chi connectivity index (χ2n) is 7.63. The predicted octanol–water partition coefficient (Wildman–Crippen LogP) is 4.58. The molecule has 0 aliphatic carbocycles. The van der Waals surface area contributed by atoms with Gasteiger partial charge in [-0.05, 0) is 35.7 Å². The van der Waals surface area contributed by atoms with E-state index in [2.05, 4.69) is 5.32 Å². The number of benzene rings is 3. The van der Waals surface area contributed by atoms with Gasteiger partial charge >= 0.3 is 0 Å². The highest BCUT2D eigenvalue weighted by Crippen LogP contribution is 2.18. The monoisotopic (exact) mass is 434 g/mol. The van der Waals surface area contributed by atoms with Crippen LogP contribution in [0.25, 0.3) is 0 Å². The average Bonchev–Trinajstić information content (AvgIpc) is 2.79. The third-order valence-electron chi connectivity index (χ3n) is 5.26. The highest BCUT2D eigenvalue weighted by molar-refractivity contribution is 6.30. The third kappa shape index (κ3) is 6.43. The van der Waals surface area contributed by atoms with Crippen molar-refractivity contribution in [2.24, 2.45) is 0 Å². The lowest BCUT2D eigenvalue weighted by Gasteiger charge is -2.31. The maximum atomic E-state index is 13.4. The first kappa shape index (κ1) is 22.6. The Labute approximate surface area is 188 Å². The van der Waals surface area contributed by atoms with Crippen LogP contribution in [0.15, 0.2) is 78.9 Å². The minimum Gasteiger partial charge on any atom is -0.357 e. The number of nitrogens with zero attached hydrogens (tertiary/aromatic N) is 1. The maximum Gasteiger partial charge on any atom is 0.242 e. The summed E-state index contributed by atoms with van der Waals surface area (Å²) in [6, 6.07) is 24.4. The van der Waals surface area contributed by atoms with E-state index in [-0.39, 0.29) is 18.2 Å². The molecule has 0 radical (unpaired) electrons. The first-order chi connectivity index (χ1) is 15.0. The number of amides is 2. The minimum atomic E-state index is -0.624. The van der Waals surface area contributed by atoms with Gasteiger partial charge in [0.2, 0.25) is 11.8 Å². The fourth-order valence-electron chi connectivity index (χ4n) is 3.49. The molecule has 5 heteroatoms. The third-order valence-corrected chi connectivity index (χ3v) is 5.51. The topological polar surface area (TPSA) is 49.4 Å². The van der Waals surface area contributed by atoms with Crippen LogP contribution in [0.1, 0.15) is 22.3 Å². The summed E-state index contributed by atoms with van der Waals surface area (Å²) in [6.07, 6.45) is 0.671. The van der Waals surface area contributed by atoms with Crippen molar-refractivity contribution in [2.45, 2.75) is 32.4 Å². The molecular weight excluding hydrogens is 408 g/mol. The van der Waals surface area contributed by atoms with Crippen LogP contribution in [0.2, 0.25) is 5.02 Å². The normalized spacial score (nSPS) is 11.6. The number of likely N-dealkylation sites (N-methyl/N-ethyl adjacent to an activating group) is 1. The van der Waals surface area contributed by atoms with Gasteiger partial charge in [-0.1, -0.05) is 83.9 Å². The number of carbonyl (C=O) groups is 2. The Balaban J connectivity index is 1.92. The second kappa shape index (κ2) is 10.8. The van der Waals surface area contributed by atoms with Gasteiger partial charge in [0.05, 0.1) is 6.42 Å². The smallest absolute Gasteiger partial charge is 0.242 e. The number of aryl methyl sites for hydroxylation is 1. The van der Waals surface area contributed by atoms with E-state index in [4.69, 9.17) is 11.6 Å². The van der Waals surface area contributed by atoms with Gasteiger partial charge < -0.3 is 10.2 Å². The minimum absolute atomic E-state index is 0.0941. The van der Waals surface area contributed by atoms with E-state index >= 15 is 0 Å². The Kier molecular flexibility index (Phi) is 7.85. The summed E-state index contributed by atoms with van der Waals surface area (Å²) in [7, 11) is 1.60. The van der Waals surface area contributed by atoms with Gasteiger partial charge in [0.25, 0.3) is 0 Å². The van der Waals surface area contributed by atoms with E-state index in [1.54, 1.807) is 24.1 Å². The number of hydrogen-bond donors (Lipinski definition) is 1. The molecule has 0 spiro atoms. The van der Waals surface area contributed by atoms with Crippen LogP contribution in [0.5, 0.6) is 0 Å². The molecule has 1 N–H and O–H groups in total. The molecule has 0 unspecified atom stereocenters. The molecule has 3 aromatic carbocycles. The summed E-state index contributed by atoms with van der Waals surface area (Å²) in [5.74, 6) is -0.279. The van der Waals surface area contributed by atoms with Gasteiger partial charge in [-0.25, -0.2) is 0 Å². The van der Waals surface area contributed by atoms with Crippen LogP contribution < -0.4 is 5.32 Å². The Morgan fingerprint density at radius 3 is 2.10 bits per heavy atom. The highest BCUT2D eigenvalue weighted by Gasteiger charge is 2.29.